The molecule has 2 aromatic carbocycles. The summed E-state index contributed by atoms with van der Waals surface area (Å²) in [4.78, 5) is 20.5. The Hall–Kier alpha value is -3.26. The molecule has 2 N–H and O–H groups in total. The molecule has 130 valence electrons. The Balaban J connectivity index is 1.80. The molecule has 0 fully saturated rings. The number of anilines is 2. The SMILES string of the molecule is COc1ccccc1Nc1nc(O)c(C2=c3cc(F)ccc3=NC2=O)s1. The van der Waals surface area contributed by atoms with Crippen LogP contribution < -0.4 is 20.6 Å². The number of para-hydroxylation sites is 2. The summed E-state index contributed by atoms with van der Waals surface area (Å²) in [6.45, 7) is 0. The molecular weight excluding hydrogens is 357 g/mol. The number of carbonyl (C=O) groups is 1. The van der Waals surface area contributed by atoms with Crippen molar-refractivity contribution in [1.82, 2.24) is 4.98 Å². The molecule has 3 aromatic rings. The van der Waals surface area contributed by atoms with Gasteiger partial charge in [-0.2, -0.15) is 4.98 Å². The van der Waals surface area contributed by atoms with Gasteiger partial charge in [0.2, 0.25) is 5.88 Å². The maximum atomic E-state index is 13.6. The number of hydrogen-bond donors (Lipinski definition) is 2. The highest BCUT2D eigenvalue weighted by Gasteiger charge is 2.25. The first kappa shape index (κ1) is 16.2. The zero-order valence-corrected chi connectivity index (χ0v) is 14.3. The summed E-state index contributed by atoms with van der Waals surface area (Å²) in [6, 6.07) is 11.1. The van der Waals surface area contributed by atoms with E-state index in [1.165, 1.54) is 18.2 Å². The largest absolute Gasteiger partial charge is 0.495 e. The van der Waals surface area contributed by atoms with Crippen molar-refractivity contribution in [2.45, 2.75) is 0 Å². The number of benzene rings is 2. The summed E-state index contributed by atoms with van der Waals surface area (Å²) in [6.07, 6.45) is 0. The summed E-state index contributed by atoms with van der Waals surface area (Å²) < 4.78 is 18.9. The number of nitrogens with one attached hydrogen (secondary N) is 1. The molecule has 6 nitrogen and oxygen atoms in total. The molecule has 1 aliphatic rings. The Labute approximate surface area is 150 Å². The topological polar surface area (TPSA) is 83.8 Å². The van der Waals surface area contributed by atoms with E-state index < -0.39 is 11.7 Å². The minimum atomic E-state index is -0.534. The highest BCUT2D eigenvalue weighted by Crippen LogP contribution is 2.36. The number of thiazole rings is 1. The summed E-state index contributed by atoms with van der Waals surface area (Å²) >= 11 is 1.08. The van der Waals surface area contributed by atoms with E-state index in [0.29, 0.717) is 27.1 Å². The van der Waals surface area contributed by atoms with E-state index in [9.17, 15) is 14.3 Å². The predicted molar refractivity (Wildman–Crippen MR) is 94.8 cm³/mol. The Bertz CT molecular complexity index is 1160. The Morgan fingerprint density at radius 2 is 2.04 bits per heavy atom. The number of halogens is 1. The fraction of sp³-hybridized carbons (Fsp3) is 0.0556. The zero-order chi connectivity index (χ0) is 18.3. The van der Waals surface area contributed by atoms with Crippen molar-refractivity contribution < 1.29 is 19.0 Å². The van der Waals surface area contributed by atoms with Crippen LogP contribution >= 0.6 is 11.3 Å². The van der Waals surface area contributed by atoms with E-state index >= 15 is 0 Å². The Morgan fingerprint density at radius 3 is 2.85 bits per heavy atom. The number of amides is 1. The quantitative estimate of drug-likeness (QED) is 0.736. The van der Waals surface area contributed by atoms with Crippen molar-refractivity contribution in [3.05, 3.63) is 63.7 Å². The Morgan fingerprint density at radius 1 is 1.23 bits per heavy atom. The van der Waals surface area contributed by atoms with Gasteiger partial charge in [0.05, 0.1) is 23.7 Å². The molecule has 0 bridgehead atoms. The second kappa shape index (κ2) is 6.23. The third-order valence-electron chi connectivity index (χ3n) is 3.85. The number of methoxy groups -OCH3 is 1. The maximum Gasteiger partial charge on any atom is 0.279 e. The molecule has 1 aromatic heterocycles. The molecule has 2 heterocycles. The van der Waals surface area contributed by atoms with E-state index in [2.05, 4.69) is 15.3 Å². The van der Waals surface area contributed by atoms with Gasteiger partial charge in [0.15, 0.2) is 5.13 Å². The van der Waals surface area contributed by atoms with Crippen LogP contribution in [-0.4, -0.2) is 23.1 Å². The lowest BCUT2D eigenvalue weighted by Gasteiger charge is -2.07. The molecule has 8 heteroatoms. The van der Waals surface area contributed by atoms with Gasteiger partial charge in [-0.3, -0.25) is 4.79 Å². The van der Waals surface area contributed by atoms with Crippen LogP contribution in [0.5, 0.6) is 11.6 Å². The minimum absolute atomic E-state index is 0.141. The van der Waals surface area contributed by atoms with Gasteiger partial charge in [-0.1, -0.05) is 23.5 Å². The third kappa shape index (κ3) is 2.70. The van der Waals surface area contributed by atoms with E-state index in [0.717, 1.165) is 11.3 Å². The number of fused-ring (bicyclic) bond motifs is 1. The molecule has 26 heavy (non-hydrogen) atoms. The summed E-state index contributed by atoms with van der Waals surface area (Å²) in [5, 5.41) is 14.4. The minimum Gasteiger partial charge on any atom is -0.495 e. The molecule has 0 atom stereocenters. The van der Waals surface area contributed by atoms with Crippen molar-refractivity contribution in [3.8, 4) is 11.6 Å². The molecular formula is C18H12FN3O3S. The van der Waals surface area contributed by atoms with E-state index in [4.69, 9.17) is 4.74 Å². The standard InChI is InChI=1S/C18H12FN3O3S/c1-25-13-5-3-2-4-12(13)21-18-22-17(24)15(26-18)14-10-8-9(19)6-7-11(10)20-16(14)23/h2-8,24H,1H3,(H,21,22). The van der Waals surface area contributed by atoms with Gasteiger partial charge in [-0.15, -0.1) is 0 Å². The van der Waals surface area contributed by atoms with Crippen LogP contribution in [0.3, 0.4) is 0 Å². The summed E-state index contributed by atoms with van der Waals surface area (Å²) in [7, 11) is 1.55. The lowest BCUT2D eigenvalue weighted by Crippen LogP contribution is -2.23. The van der Waals surface area contributed by atoms with E-state index in [1.54, 1.807) is 19.2 Å². The van der Waals surface area contributed by atoms with Gasteiger partial charge in [0.25, 0.3) is 5.91 Å². The number of hydrogen-bond acceptors (Lipinski definition) is 6. The van der Waals surface area contributed by atoms with Crippen molar-refractivity contribution in [2.75, 3.05) is 12.4 Å². The van der Waals surface area contributed by atoms with Crippen LogP contribution in [0.15, 0.2) is 47.5 Å². The van der Waals surface area contributed by atoms with Gasteiger partial charge < -0.3 is 15.2 Å². The first-order valence-corrected chi connectivity index (χ1v) is 8.41. The average Bonchev–Trinajstić information content (AvgIpc) is 3.13. The average molecular weight is 369 g/mol. The first-order valence-electron chi connectivity index (χ1n) is 7.60. The normalized spacial score (nSPS) is 12.7. The molecule has 4 rings (SSSR count). The summed E-state index contributed by atoms with van der Waals surface area (Å²) in [5.41, 5.74) is 0.803. The Kier molecular flexibility index (Phi) is 3.89. The molecule has 0 radical (unpaired) electrons. The van der Waals surface area contributed by atoms with Gasteiger partial charge in [-0.25, -0.2) is 9.38 Å². The molecule has 0 aliphatic carbocycles. The smallest absolute Gasteiger partial charge is 0.279 e. The van der Waals surface area contributed by atoms with Crippen LogP contribution in [-0.2, 0) is 4.79 Å². The van der Waals surface area contributed by atoms with Gasteiger partial charge in [0.1, 0.15) is 16.4 Å². The monoisotopic (exact) mass is 369 g/mol. The van der Waals surface area contributed by atoms with Crippen LogP contribution in [0.2, 0.25) is 0 Å². The maximum absolute atomic E-state index is 13.6. The lowest BCUT2D eigenvalue weighted by atomic mass is 10.1. The third-order valence-corrected chi connectivity index (χ3v) is 4.83. The number of aromatic hydroxyl groups is 1. The molecule has 0 unspecified atom stereocenters. The van der Waals surface area contributed by atoms with E-state index in [1.807, 2.05) is 12.1 Å². The fourth-order valence-electron chi connectivity index (χ4n) is 2.70. The van der Waals surface area contributed by atoms with E-state index in [-0.39, 0.29) is 16.3 Å². The predicted octanol–water partition coefficient (Wildman–Crippen LogP) is 2.10. The first-order chi connectivity index (χ1) is 12.6. The number of nitrogens with zero attached hydrogens (tertiary/aromatic N) is 2. The zero-order valence-electron chi connectivity index (χ0n) is 13.5. The fourth-order valence-corrected chi connectivity index (χ4v) is 3.62. The van der Waals surface area contributed by atoms with Crippen LogP contribution in [0.25, 0.3) is 5.57 Å². The van der Waals surface area contributed by atoms with Crippen LogP contribution in [0, 0.1) is 5.82 Å². The molecule has 1 amide bonds. The van der Waals surface area contributed by atoms with Crippen molar-refractivity contribution >= 4 is 33.6 Å². The van der Waals surface area contributed by atoms with Crippen molar-refractivity contribution in [1.29, 1.82) is 0 Å². The number of rotatable bonds is 4. The highest BCUT2D eigenvalue weighted by molar-refractivity contribution is 7.17. The molecule has 0 saturated carbocycles. The summed E-state index contributed by atoms with van der Waals surface area (Å²) in [5.74, 6) is -0.727. The number of aromatic nitrogens is 1. The second-order valence-electron chi connectivity index (χ2n) is 5.45. The van der Waals surface area contributed by atoms with Gasteiger partial charge in [-0.05, 0) is 30.3 Å². The lowest BCUT2D eigenvalue weighted by molar-refractivity contribution is -0.112. The number of ether oxygens (including phenoxy) is 1. The molecule has 0 spiro atoms. The molecule has 1 aliphatic heterocycles. The molecule has 0 saturated heterocycles. The van der Waals surface area contributed by atoms with Crippen LogP contribution in [0.1, 0.15) is 4.88 Å². The van der Waals surface area contributed by atoms with Crippen molar-refractivity contribution in [2.24, 2.45) is 4.99 Å². The van der Waals surface area contributed by atoms with Gasteiger partial charge in [0, 0.05) is 5.22 Å². The van der Waals surface area contributed by atoms with Crippen molar-refractivity contribution in [3.63, 3.8) is 0 Å². The van der Waals surface area contributed by atoms with Gasteiger partial charge >= 0.3 is 0 Å². The van der Waals surface area contributed by atoms with Crippen LogP contribution in [0.4, 0.5) is 15.2 Å². The highest BCUT2D eigenvalue weighted by atomic mass is 32.1. The number of carbonyl (C=O) groups excluding carboxylic acids is 1. The second-order valence-corrected chi connectivity index (χ2v) is 6.45.